The van der Waals surface area contributed by atoms with Crippen molar-refractivity contribution in [2.24, 2.45) is 17.8 Å². The van der Waals surface area contributed by atoms with Crippen LogP contribution >= 0.6 is 0 Å². The molecule has 0 spiro atoms. The highest BCUT2D eigenvalue weighted by molar-refractivity contribution is 5.89. The van der Waals surface area contributed by atoms with Gasteiger partial charge in [0.25, 0.3) is 0 Å². The first-order valence-corrected chi connectivity index (χ1v) is 12.7. The molecule has 9 nitrogen and oxygen atoms in total. The van der Waals surface area contributed by atoms with Gasteiger partial charge in [0.15, 0.2) is 0 Å². The lowest BCUT2D eigenvalue weighted by Gasteiger charge is -2.34. The van der Waals surface area contributed by atoms with Crippen molar-refractivity contribution in [3.05, 3.63) is 0 Å². The Bertz CT molecular complexity index is 672. The maximum absolute atomic E-state index is 12.3. The van der Waals surface area contributed by atoms with Gasteiger partial charge in [-0.25, -0.2) is 0 Å². The average molecular weight is 464 g/mol. The molecule has 0 radical (unpaired) electrons. The van der Waals surface area contributed by atoms with E-state index >= 15 is 0 Å². The summed E-state index contributed by atoms with van der Waals surface area (Å²) in [6.07, 6.45) is 6.59. The molecular formula is C24H41N5O4. The molecule has 3 aliphatic rings. The van der Waals surface area contributed by atoms with Crippen LogP contribution < -0.4 is 10.6 Å². The second-order valence-electron chi connectivity index (χ2n) is 9.90. The van der Waals surface area contributed by atoms with Crippen molar-refractivity contribution >= 4 is 24.0 Å². The highest BCUT2D eigenvalue weighted by atomic mass is 16.2. The van der Waals surface area contributed by atoms with Crippen molar-refractivity contribution in [2.75, 3.05) is 66.0 Å². The fourth-order valence-corrected chi connectivity index (χ4v) is 5.11. The van der Waals surface area contributed by atoms with Crippen molar-refractivity contribution < 1.29 is 19.2 Å². The van der Waals surface area contributed by atoms with Crippen molar-refractivity contribution in [2.45, 2.75) is 44.9 Å². The fraction of sp³-hybridized carbons (Fsp3) is 0.833. The standard InChI is InChI=1S/C24H41N5O4/c1-27-17-21(16-22(27)31)24(33)26-9-3-11-29-14-12-28(13-15-29)10-2-8-25-23(32)20-6-4-19(18-30)5-7-20/h18-21H,2-17H2,1H3,(H,25,32)(H,26,33). The Labute approximate surface area is 197 Å². The molecule has 1 saturated carbocycles. The van der Waals surface area contributed by atoms with Gasteiger partial charge in [0.1, 0.15) is 6.29 Å². The SMILES string of the molecule is CN1CC(C(=O)NCCCN2CCN(CCCNC(=O)C3CCC(C=O)CC3)CC2)CC1=O. The summed E-state index contributed by atoms with van der Waals surface area (Å²) in [4.78, 5) is 53.4. The second-order valence-corrected chi connectivity index (χ2v) is 9.90. The number of nitrogens with one attached hydrogen (secondary N) is 2. The minimum atomic E-state index is -0.201. The summed E-state index contributed by atoms with van der Waals surface area (Å²) < 4.78 is 0. The van der Waals surface area contributed by atoms with Crippen LogP contribution in [-0.2, 0) is 19.2 Å². The summed E-state index contributed by atoms with van der Waals surface area (Å²) in [5, 5.41) is 6.06. The van der Waals surface area contributed by atoms with Crippen LogP contribution in [0.25, 0.3) is 0 Å². The predicted octanol–water partition coefficient (Wildman–Crippen LogP) is 0.100. The number of aldehydes is 1. The van der Waals surface area contributed by atoms with E-state index in [0.29, 0.717) is 19.5 Å². The van der Waals surface area contributed by atoms with Crippen LogP contribution in [0.15, 0.2) is 0 Å². The van der Waals surface area contributed by atoms with Gasteiger partial charge in [-0.15, -0.1) is 0 Å². The van der Waals surface area contributed by atoms with Crippen LogP contribution in [0.3, 0.4) is 0 Å². The van der Waals surface area contributed by atoms with E-state index in [1.165, 1.54) is 0 Å². The van der Waals surface area contributed by atoms with Crippen LogP contribution in [0, 0.1) is 17.8 Å². The summed E-state index contributed by atoms with van der Waals surface area (Å²) >= 11 is 0. The van der Waals surface area contributed by atoms with Gasteiger partial charge < -0.3 is 30.1 Å². The Hall–Kier alpha value is -2.00. The van der Waals surface area contributed by atoms with Gasteiger partial charge in [-0.1, -0.05) is 0 Å². The summed E-state index contributed by atoms with van der Waals surface area (Å²) in [5.74, 6) is 0.233. The summed E-state index contributed by atoms with van der Waals surface area (Å²) in [6.45, 7) is 8.00. The minimum Gasteiger partial charge on any atom is -0.356 e. The Morgan fingerprint density at radius 3 is 1.85 bits per heavy atom. The van der Waals surface area contributed by atoms with Gasteiger partial charge in [-0.05, 0) is 51.6 Å². The van der Waals surface area contributed by atoms with Gasteiger partial charge in [-0.3, -0.25) is 14.4 Å². The maximum atomic E-state index is 12.3. The number of carbonyl (C=O) groups is 4. The van der Waals surface area contributed by atoms with Crippen LogP contribution in [-0.4, -0.2) is 105 Å². The molecule has 0 bridgehead atoms. The number of hydrogen-bond donors (Lipinski definition) is 2. The second kappa shape index (κ2) is 13.0. The van der Waals surface area contributed by atoms with Crippen molar-refractivity contribution in [3.63, 3.8) is 0 Å². The summed E-state index contributed by atoms with van der Waals surface area (Å²) in [6, 6.07) is 0. The molecule has 0 aromatic rings. The van der Waals surface area contributed by atoms with Gasteiger partial charge in [0.2, 0.25) is 17.7 Å². The van der Waals surface area contributed by atoms with Gasteiger partial charge in [0, 0.05) is 71.1 Å². The van der Waals surface area contributed by atoms with Crippen molar-refractivity contribution in [3.8, 4) is 0 Å². The number of piperazine rings is 1. The fourth-order valence-electron chi connectivity index (χ4n) is 5.11. The monoisotopic (exact) mass is 463 g/mol. The molecule has 1 unspecified atom stereocenters. The summed E-state index contributed by atoms with van der Waals surface area (Å²) in [5.41, 5.74) is 0. The van der Waals surface area contributed by atoms with Crippen LogP contribution in [0.2, 0.25) is 0 Å². The number of nitrogens with zero attached hydrogens (tertiary/aromatic N) is 3. The highest BCUT2D eigenvalue weighted by Gasteiger charge is 2.31. The molecule has 1 aliphatic carbocycles. The first kappa shape index (κ1) is 25.6. The van der Waals surface area contributed by atoms with Crippen molar-refractivity contribution in [1.29, 1.82) is 0 Å². The van der Waals surface area contributed by atoms with Crippen LogP contribution in [0.5, 0.6) is 0 Å². The molecule has 186 valence electrons. The zero-order valence-electron chi connectivity index (χ0n) is 20.1. The normalized spacial score (nSPS) is 26.9. The van der Waals surface area contributed by atoms with Gasteiger partial charge in [-0.2, -0.15) is 0 Å². The molecular weight excluding hydrogens is 422 g/mol. The van der Waals surface area contributed by atoms with E-state index < -0.39 is 0 Å². The summed E-state index contributed by atoms with van der Waals surface area (Å²) in [7, 11) is 1.74. The van der Waals surface area contributed by atoms with E-state index in [1.54, 1.807) is 11.9 Å². The Balaban J connectivity index is 1.17. The lowest BCUT2D eigenvalue weighted by Crippen LogP contribution is -2.47. The van der Waals surface area contributed by atoms with Crippen LogP contribution in [0.4, 0.5) is 0 Å². The molecule has 33 heavy (non-hydrogen) atoms. The van der Waals surface area contributed by atoms with Gasteiger partial charge in [0.05, 0.1) is 5.92 Å². The van der Waals surface area contributed by atoms with Crippen LogP contribution in [0.1, 0.15) is 44.9 Å². The Morgan fingerprint density at radius 2 is 1.39 bits per heavy atom. The molecule has 9 heteroatoms. The topological polar surface area (TPSA) is 102 Å². The number of carbonyl (C=O) groups excluding carboxylic acids is 4. The lowest BCUT2D eigenvalue weighted by atomic mass is 9.82. The largest absolute Gasteiger partial charge is 0.356 e. The molecule has 0 aromatic heterocycles. The highest BCUT2D eigenvalue weighted by Crippen LogP contribution is 2.27. The third kappa shape index (κ3) is 8.07. The van der Waals surface area contributed by atoms with E-state index in [1.807, 2.05) is 0 Å². The Morgan fingerprint density at radius 1 is 0.879 bits per heavy atom. The maximum Gasteiger partial charge on any atom is 0.225 e. The number of hydrogen-bond acceptors (Lipinski definition) is 6. The molecule has 3 amide bonds. The molecule has 2 heterocycles. The van der Waals surface area contributed by atoms with E-state index in [-0.39, 0.29) is 35.5 Å². The number of amides is 3. The van der Waals surface area contributed by atoms with E-state index in [0.717, 1.165) is 90.6 Å². The zero-order valence-corrected chi connectivity index (χ0v) is 20.1. The number of rotatable bonds is 11. The zero-order chi connectivity index (χ0) is 23.6. The number of likely N-dealkylation sites (tertiary alicyclic amines) is 1. The molecule has 2 saturated heterocycles. The van der Waals surface area contributed by atoms with E-state index in [9.17, 15) is 19.2 Å². The van der Waals surface area contributed by atoms with Gasteiger partial charge >= 0.3 is 0 Å². The quantitative estimate of drug-likeness (QED) is 0.333. The molecule has 1 atom stereocenters. The third-order valence-electron chi connectivity index (χ3n) is 7.41. The smallest absolute Gasteiger partial charge is 0.225 e. The molecule has 3 fully saturated rings. The lowest BCUT2D eigenvalue weighted by molar-refractivity contribution is -0.128. The Kier molecular flexibility index (Phi) is 10.1. The first-order chi connectivity index (χ1) is 16.0. The first-order valence-electron chi connectivity index (χ1n) is 12.7. The predicted molar refractivity (Wildman–Crippen MR) is 125 cm³/mol. The molecule has 2 aliphatic heterocycles. The van der Waals surface area contributed by atoms with E-state index in [2.05, 4.69) is 20.4 Å². The third-order valence-corrected chi connectivity index (χ3v) is 7.41. The molecule has 0 aromatic carbocycles. The minimum absolute atomic E-state index is 0.00162. The molecule has 3 rings (SSSR count). The van der Waals surface area contributed by atoms with E-state index in [4.69, 9.17) is 0 Å². The average Bonchev–Trinajstić information content (AvgIpc) is 3.18. The molecule has 2 N–H and O–H groups in total. The van der Waals surface area contributed by atoms with Crippen molar-refractivity contribution in [1.82, 2.24) is 25.3 Å².